The molecular formula is C23H30N4O3. The van der Waals surface area contributed by atoms with Gasteiger partial charge in [0.15, 0.2) is 5.69 Å². The van der Waals surface area contributed by atoms with Crippen LogP contribution in [0.5, 0.6) is 5.75 Å². The second-order valence-corrected chi connectivity index (χ2v) is 8.47. The Morgan fingerprint density at radius 2 is 1.97 bits per heavy atom. The van der Waals surface area contributed by atoms with Crippen LogP contribution in [-0.2, 0) is 18.4 Å². The van der Waals surface area contributed by atoms with E-state index < -0.39 is 5.56 Å². The average Bonchev–Trinajstić information content (AvgIpc) is 3.23. The number of likely N-dealkylation sites (N-methyl/N-ethyl adjacent to an activating group) is 1. The van der Waals surface area contributed by atoms with Crippen LogP contribution in [0.25, 0.3) is 0 Å². The van der Waals surface area contributed by atoms with E-state index in [-0.39, 0.29) is 17.1 Å². The largest absolute Gasteiger partial charge is 0.486 e. The lowest BCUT2D eigenvalue weighted by Gasteiger charge is -2.33. The van der Waals surface area contributed by atoms with Gasteiger partial charge in [0.1, 0.15) is 5.82 Å². The van der Waals surface area contributed by atoms with E-state index in [0.717, 1.165) is 44.2 Å². The van der Waals surface area contributed by atoms with E-state index in [0.29, 0.717) is 37.6 Å². The maximum absolute atomic E-state index is 13.0. The van der Waals surface area contributed by atoms with Crippen molar-refractivity contribution in [3.8, 4) is 5.75 Å². The fraction of sp³-hybridized carbons (Fsp3) is 0.565. The van der Waals surface area contributed by atoms with Gasteiger partial charge < -0.3 is 14.2 Å². The quantitative estimate of drug-likeness (QED) is 0.656. The van der Waals surface area contributed by atoms with Gasteiger partial charge in [-0.3, -0.25) is 14.6 Å². The maximum atomic E-state index is 13.0. The number of pyridine rings is 1. The van der Waals surface area contributed by atoms with Crippen molar-refractivity contribution in [3.05, 3.63) is 52.0 Å². The van der Waals surface area contributed by atoms with Crippen molar-refractivity contribution in [2.75, 3.05) is 20.2 Å². The Hall–Kier alpha value is -2.70. The van der Waals surface area contributed by atoms with Crippen molar-refractivity contribution in [1.29, 1.82) is 0 Å². The second-order valence-electron chi connectivity index (χ2n) is 8.47. The third kappa shape index (κ3) is 3.73. The van der Waals surface area contributed by atoms with Crippen molar-refractivity contribution in [1.82, 2.24) is 19.4 Å². The Kier molecular flexibility index (Phi) is 5.88. The zero-order chi connectivity index (χ0) is 21.1. The van der Waals surface area contributed by atoms with Gasteiger partial charge in [-0.25, -0.2) is 0 Å². The van der Waals surface area contributed by atoms with Crippen LogP contribution in [0.4, 0.5) is 0 Å². The fourth-order valence-corrected chi connectivity index (χ4v) is 4.71. The van der Waals surface area contributed by atoms with E-state index >= 15 is 0 Å². The summed E-state index contributed by atoms with van der Waals surface area (Å²) in [5.74, 6) is 0.598. The fourth-order valence-electron chi connectivity index (χ4n) is 4.71. The molecule has 3 heterocycles. The number of carbonyl (C=O) groups excluding carboxylic acids is 1. The molecule has 0 unspecified atom stereocenters. The molecule has 7 nitrogen and oxygen atoms in total. The lowest BCUT2D eigenvalue weighted by molar-refractivity contribution is 0.0735. The van der Waals surface area contributed by atoms with Crippen LogP contribution in [0.3, 0.4) is 0 Å². The predicted octanol–water partition coefficient (Wildman–Crippen LogP) is 2.96. The molecule has 7 heteroatoms. The van der Waals surface area contributed by atoms with Crippen molar-refractivity contribution < 1.29 is 9.53 Å². The molecule has 30 heavy (non-hydrogen) atoms. The Morgan fingerprint density at radius 1 is 1.17 bits per heavy atom. The second kappa shape index (κ2) is 8.58. The number of carbonyl (C=O) groups is 1. The number of aromatic nitrogens is 3. The molecule has 2 aromatic rings. The van der Waals surface area contributed by atoms with E-state index in [1.165, 1.54) is 0 Å². The summed E-state index contributed by atoms with van der Waals surface area (Å²) >= 11 is 0. The van der Waals surface area contributed by atoms with E-state index in [2.05, 4.69) is 23.0 Å². The molecule has 0 N–H and O–H groups in total. The number of hydrogen-bond donors (Lipinski definition) is 0. The van der Waals surface area contributed by atoms with Gasteiger partial charge in [0.25, 0.3) is 5.91 Å². The highest BCUT2D eigenvalue weighted by molar-refractivity contribution is 5.95. The van der Waals surface area contributed by atoms with Crippen LogP contribution >= 0.6 is 0 Å². The first-order valence-corrected chi connectivity index (χ1v) is 11.0. The van der Waals surface area contributed by atoms with Crippen LogP contribution in [0, 0.1) is 0 Å². The smallest absolute Gasteiger partial charge is 0.316 e. The van der Waals surface area contributed by atoms with Crippen LogP contribution in [0.15, 0.2) is 29.2 Å². The molecular weight excluding hydrogens is 380 g/mol. The molecule has 2 aromatic heterocycles. The number of hydrogen-bond acceptors (Lipinski definition) is 5. The van der Waals surface area contributed by atoms with Crippen molar-refractivity contribution >= 4 is 5.91 Å². The molecule has 1 fully saturated rings. The summed E-state index contributed by atoms with van der Waals surface area (Å²) in [5, 5.41) is 0. The van der Waals surface area contributed by atoms with Gasteiger partial charge in [0.2, 0.25) is 5.75 Å². The number of fused-ring (bicyclic) bond motifs is 1. The summed E-state index contributed by atoms with van der Waals surface area (Å²) in [6, 6.07) is 6.01. The predicted molar refractivity (Wildman–Crippen MR) is 114 cm³/mol. The van der Waals surface area contributed by atoms with E-state index in [1.54, 1.807) is 11.9 Å². The van der Waals surface area contributed by atoms with Crippen LogP contribution in [0.2, 0.25) is 0 Å². The minimum Gasteiger partial charge on any atom is -0.486 e. The third-order valence-electron chi connectivity index (χ3n) is 6.44. The molecule has 1 saturated carbocycles. The average molecular weight is 411 g/mol. The van der Waals surface area contributed by atoms with E-state index in [9.17, 15) is 9.59 Å². The topological polar surface area (TPSA) is 77.3 Å². The molecule has 0 spiro atoms. The van der Waals surface area contributed by atoms with Gasteiger partial charge in [-0.1, -0.05) is 32.3 Å². The molecule has 0 radical (unpaired) electrons. The van der Waals surface area contributed by atoms with Crippen LogP contribution in [-0.4, -0.2) is 45.5 Å². The maximum Gasteiger partial charge on any atom is 0.316 e. The summed E-state index contributed by atoms with van der Waals surface area (Å²) in [6.45, 7) is 3.68. The molecule has 0 saturated heterocycles. The van der Waals surface area contributed by atoms with Crippen molar-refractivity contribution in [3.63, 3.8) is 0 Å². The minimum atomic E-state index is -0.440. The Morgan fingerprint density at radius 3 is 2.67 bits per heavy atom. The molecule has 0 atom stereocenters. The zero-order valence-corrected chi connectivity index (χ0v) is 17.9. The first-order valence-electron chi connectivity index (χ1n) is 11.0. The molecule has 4 rings (SSSR count). The van der Waals surface area contributed by atoms with Gasteiger partial charge >= 0.3 is 5.56 Å². The van der Waals surface area contributed by atoms with Crippen LogP contribution < -0.4 is 10.3 Å². The van der Waals surface area contributed by atoms with E-state index in [1.807, 2.05) is 22.9 Å². The van der Waals surface area contributed by atoms with Crippen molar-refractivity contribution in [2.45, 2.75) is 63.8 Å². The zero-order valence-electron chi connectivity index (χ0n) is 17.9. The molecule has 0 aromatic carbocycles. The molecule has 0 bridgehead atoms. The first kappa shape index (κ1) is 20.6. The summed E-state index contributed by atoms with van der Waals surface area (Å²) in [7, 11) is 1.76. The first-order chi connectivity index (χ1) is 14.6. The number of nitrogens with zero attached hydrogens (tertiary/aromatic N) is 4. The lowest BCUT2D eigenvalue weighted by Crippen LogP contribution is -2.42. The molecule has 1 aliphatic heterocycles. The summed E-state index contributed by atoms with van der Waals surface area (Å²) in [6.07, 6.45) is 8.51. The number of rotatable bonds is 7. The Labute approximate surface area is 177 Å². The summed E-state index contributed by atoms with van der Waals surface area (Å²) in [4.78, 5) is 36.7. The van der Waals surface area contributed by atoms with Gasteiger partial charge in [0, 0.05) is 43.9 Å². The number of amides is 1. The normalized spacial score (nSPS) is 17.8. The standard InChI is InChI=1S/C23H30N4O3/c1-3-4-15-30-20-19-22(29)26(2)13-14-27(19)18(25-21(20)28)16-23(10-6-7-11-23)17-9-5-8-12-24-17/h5,8-9,12H,3-4,6-7,10-11,13-16H2,1-2H3. The van der Waals surface area contributed by atoms with Gasteiger partial charge in [-0.05, 0) is 31.4 Å². The number of unbranched alkanes of at least 4 members (excludes halogenated alkanes) is 1. The lowest BCUT2D eigenvalue weighted by atomic mass is 9.78. The third-order valence-corrected chi connectivity index (χ3v) is 6.44. The monoisotopic (exact) mass is 410 g/mol. The van der Waals surface area contributed by atoms with Gasteiger partial charge in [-0.15, -0.1) is 0 Å². The molecule has 1 amide bonds. The highest BCUT2D eigenvalue weighted by Gasteiger charge is 2.40. The SMILES string of the molecule is CCCCOc1c2n(c(CC3(c4ccccn4)CCCC3)nc1=O)CCN(C)C2=O. The highest BCUT2D eigenvalue weighted by atomic mass is 16.5. The Bertz CT molecular complexity index is 964. The molecule has 2 aliphatic rings. The highest BCUT2D eigenvalue weighted by Crippen LogP contribution is 2.42. The minimum absolute atomic E-state index is 0.0991. The molecule has 160 valence electrons. The van der Waals surface area contributed by atoms with E-state index in [4.69, 9.17) is 4.74 Å². The Balaban J connectivity index is 1.78. The van der Waals surface area contributed by atoms with Gasteiger partial charge in [0.05, 0.1) is 6.61 Å². The van der Waals surface area contributed by atoms with Crippen LogP contribution in [0.1, 0.15) is 67.5 Å². The van der Waals surface area contributed by atoms with Gasteiger partial charge in [-0.2, -0.15) is 4.98 Å². The summed E-state index contributed by atoms with van der Waals surface area (Å²) in [5.41, 5.74) is 0.821. The number of ether oxygens (including phenoxy) is 1. The van der Waals surface area contributed by atoms with Crippen molar-refractivity contribution in [2.24, 2.45) is 0 Å². The summed E-state index contributed by atoms with van der Waals surface area (Å²) < 4.78 is 7.70. The molecule has 1 aliphatic carbocycles.